The SMILES string of the molecule is C#CCOc1ccc(C(=O)Nc2ccc(C)c([C@]34CCC[C@H]3S(=O)(=O)N(C)C(N)=N4)c2)nc1. The number of anilines is 1. The summed E-state index contributed by atoms with van der Waals surface area (Å²) in [6.45, 7) is 2.01. The molecule has 0 radical (unpaired) electrons. The number of benzene rings is 1. The van der Waals surface area contributed by atoms with E-state index in [1.807, 2.05) is 13.0 Å². The molecule has 2 aromatic rings. The number of hydrogen-bond donors (Lipinski definition) is 2. The Bertz CT molecular complexity index is 1270. The van der Waals surface area contributed by atoms with Crippen LogP contribution in [0.4, 0.5) is 5.69 Å². The largest absolute Gasteiger partial charge is 0.479 e. The van der Waals surface area contributed by atoms with Crippen molar-refractivity contribution in [2.45, 2.75) is 37.0 Å². The number of hydrogen-bond acceptors (Lipinski definition) is 7. The van der Waals surface area contributed by atoms with Crippen molar-refractivity contribution in [1.82, 2.24) is 9.29 Å². The number of terminal acetylenes is 1. The number of amides is 1. The highest BCUT2D eigenvalue weighted by molar-refractivity contribution is 7.90. The molecule has 0 bridgehead atoms. The molecule has 0 spiro atoms. The summed E-state index contributed by atoms with van der Waals surface area (Å²) in [5.74, 6) is 2.39. The minimum atomic E-state index is -3.65. The number of nitrogens with one attached hydrogen (secondary N) is 1. The van der Waals surface area contributed by atoms with Crippen molar-refractivity contribution in [3.63, 3.8) is 0 Å². The van der Waals surface area contributed by atoms with E-state index >= 15 is 0 Å². The van der Waals surface area contributed by atoms with Gasteiger partial charge in [-0.25, -0.2) is 22.7 Å². The highest BCUT2D eigenvalue weighted by Gasteiger charge is 2.56. The zero-order valence-electron chi connectivity index (χ0n) is 18.4. The van der Waals surface area contributed by atoms with Crippen LogP contribution in [0, 0.1) is 19.3 Å². The molecule has 4 rings (SSSR count). The van der Waals surface area contributed by atoms with Gasteiger partial charge < -0.3 is 15.8 Å². The Morgan fingerprint density at radius 2 is 2.18 bits per heavy atom. The minimum absolute atomic E-state index is 0.0293. The van der Waals surface area contributed by atoms with Crippen LogP contribution in [0.1, 0.15) is 40.9 Å². The van der Waals surface area contributed by atoms with Gasteiger partial charge in [-0.1, -0.05) is 12.0 Å². The Morgan fingerprint density at radius 1 is 1.39 bits per heavy atom. The number of nitrogens with zero attached hydrogens (tertiary/aromatic N) is 3. The fraction of sp³-hybridized carbons (Fsp3) is 0.348. The van der Waals surface area contributed by atoms with Crippen LogP contribution in [-0.2, 0) is 15.6 Å². The Labute approximate surface area is 193 Å². The van der Waals surface area contributed by atoms with E-state index in [-0.39, 0.29) is 18.3 Å². The van der Waals surface area contributed by atoms with Gasteiger partial charge in [0.25, 0.3) is 5.91 Å². The molecule has 172 valence electrons. The second-order valence-corrected chi connectivity index (χ2v) is 10.3. The first-order valence-corrected chi connectivity index (χ1v) is 12.0. The van der Waals surface area contributed by atoms with E-state index in [9.17, 15) is 13.2 Å². The van der Waals surface area contributed by atoms with E-state index < -0.39 is 26.7 Å². The number of ether oxygens (including phenoxy) is 1. The molecule has 1 fully saturated rings. The molecule has 1 aliphatic heterocycles. The molecule has 2 aliphatic rings. The van der Waals surface area contributed by atoms with Crippen LogP contribution < -0.4 is 15.8 Å². The molecule has 1 aliphatic carbocycles. The van der Waals surface area contributed by atoms with Crippen LogP contribution in [0.25, 0.3) is 0 Å². The van der Waals surface area contributed by atoms with E-state index in [0.29, 0.717) is 30.7 Å². The number of sulfonamides is 1. The zero-order chi connectivity index (χ0) is 23.8. The summed E-state index contributed by atoms with van der Waals surface area (Å²) in [5, 5.41) is 2.13. The van der Waals surface area contributed by atoms with E-state index in [0.717, 1.165) is 15.4 Å². The summed E-state index contributed by atoms with van der Waals surface area (Å²) in [6.07, 6.45) is 8.36. The van der Waals surface area contributed by atoms with Crippen molar-refractivity contribution in [2.75, 3.05) is 19.0 Å². The van der Waals surface area contributed by atoms with Gasteiger partial charge in [0.15, 0.2) is 0 Å². The van der Waals surface area contributed by atoms with Crippen LogP contribution in [0.3, 0.4) is 0 Å². The minimum Gasteiger partial charge on any atom is -0.479 e. The molecule has 3 N–H and O–H groups in total. The summed E-state index contributed by atoms with van der Waals surface area (Å²) in [4.78, 5) is 21.5. The fourth-order valence-corrected chi connectivity index (χ4v) is 6.47. The third kappa shape index (κ3) is 3.89. The van der Waals surface area contributed by atoms with Crippen LogP contribution in [0.5, 0.6) is 5.75 Å². The van der Waals surface area contributed by atoms with E-state index in [1.165, 1.54) is 19.3 Å². The van der Waals surface area contributed by atoms with E-state index in [1.54, 1.807) is 18.2 Å². The molecular formula is C23H25N5O4S. The monoisotopic (exact) mass is 467 g/mol. The topological polar surface area (TPSA) is 127 Å². The van der Waals surface area contributed by atoms with Gasteiger partial charge in [0.05, 0.1) is 6.20 Å². The number of nitrogens with two attached hydrogens (primary N) is 1. The zero-order valence-corrected chi connectivity index (χ0v) is 19.2. The molecule has 1 aromatic carbocycles. The van der Waals surface area contributed by atoms with Crippen molar-refractivity contribution in [1.29, 1.82) is 0 Å². The molecule has 0 saturated heterocycles. The maximum Gasteiger partial charge on any atom is 0.274 e. The second-order valence-electron chi connectivity index (χ2n) is 8.14. The van der Waals surface area contributed by atoms with E-state index in [2.05, 4.69) is 21.2 Å². The molecule has 10 heteroatoms. The van der Waals surface area contributed by atoms with Crippen molar-refractivity contribution < 1.29 is 17.9 Å². The number of pyridine rings is 1. The lowest BCUT2D eigenvalue weighted by Gasteiger charge is -2.40. The van der Waals surface area contributed by atoms with Crippen molar-refractivity contribution >= 4 is 27.6 Å². The normalized spacial score (nSPS) is 23.2. The first kappa shape index (κ1) is 22.6. The number of aliphatic imine (C=N–C) groups is 1. The smallest absolute Gasteiger partial charge is 0.274 e. The Balaban J connectivity index is 1.65. The molecule has 1 saturated carbocycles. The van der Waals surface area contributed by atoms with Crippen LogP contribution in [0.2, 0.25) is 0 Å². The molecule has 2 atom stereocenters. The predicted molar refractivity (Wildman–Crippen MR) is 125 cm³/mol. The van der Waals surface area contributed by atoms with Gasteiger partial charge in [0.1, 0.15) is 28.8 Å². The second kappa shape index (κ2) is 8.41. The van der Waals surface area contributed by atoms with Gasteiger partial charge in [-0.05, 0) is 61.6 Å². The average Bonchev–Trinajstić information content (AvgIpc) is 3.23. The maximum absolute atomic E-state index is 13.1. The van der Waals surface area contributed by atoms with Crippen molar-refractivity contribution in [3.8, 4) is 18.1 Å². The number of aromatic nitrogens is 1. The van der Waals surface area contributed by atoms with Crippen molar-refractivity contribution in [2.24, 2.45) is 10.7 Å². The highest BCUT2D eigenvalue weighted by Crippen LogP contribution is 2.50. The molecular weight excluding hydrogens is 442 g/mol. The summed E-state index contributed by atoms with van der Waals surface area (Å²) in [7, 11) is -2.22. The third-order valence-corrected chi connectivity index (χ3v) is 8.48. The molecule has 0 unspecified atom stereocenters. The van der Waals surface area contributed by atoms with Gasteiger partial charge in [0.2, 0.25) is 16.0 Å². The Hall–Kier alpha value is -3.58. The number of aryl methyl sites for hydroxylation is 1. The summed E-state index contributed by atoms with van der Waals surface area (Å²) >= 11 is 0. The predicted octanol–water partition coefficient (Wildman–Crippen LogP) is 1.99. The summed E-state index contributed by atoms with van der Waals surface area (Å²) in [5.41, 5.74) is 7.38. The summed E-state index contributed by atoms with van der Waals surface area (Å²) < 4.78 is 32.5. The molecule has 1 amide bonds. The average molecular weight is 468 g/mol. The first-order chi connectivity index (χ1) is 15.7. The Kier molecular flexibility index (Phi) is 5.76. The van der Waals surface area contributed by atoms with E-state index in [4.69, 9.17) is 16.9 Å². The molecule has 2 heterocycles. The summed E-state index contributed by atoms with van der Waals surface area (Å²) in [6, 6.07) is 8.54. The molecule has 9 nitrogen and oxygen atoms in total. The van der Waals surface area contributed by atoms with Crippen molar-refractivity contribution in [3.05, 3.63) is 53.3 Å². The van der Waals surface area contributed by atoms with Gasteiger partial charge >= 0.3 is 0 Å². The number of carbonyl (C=O) groups excluding carboxylic acids is 1. The lowest BCUT2D eigenvalue weighted by molar-refractivity contribution is 0.102. The number of carbonyl (C=O) groups is 1. The molecule has 1 aromatic heterocycles. The fourth-order valence-electron chi connectivity index (χ4n) is 4.53. The molecule has 33 heavy (non-hydrogen) atoms. The van der Waals surface area contributed by atoms with Crippen LogP contribution >= 0.6 is 0 Å². The van der Waals surface area contributed by atoms with Gasteiger partial charge in [-0.3, -0.25) is 4.79 Å². The van der Waals surface area contributed by atoms with Gasteiger partial charge in [0, 0.05) is 12.7 Å². The maximum atomic E-state index is 13.1. The van der Waals surface area contributed by atoms with Crippen LogP contribution in [0.15, 0.2) is 41.5 Å². The Morgan fingerprint density at radius 3 is 2.88 bits per heavy atom. The number of guanidine groups is 1. The third-order valence-electron chi connectivity index (χ3n) is 6.19. The van der Waals surface area contributed by atoms with Gasteiger partial charge in [-0.15, -0.1) is 6.42 Å². The highest BCUT2D eigenvalue weighted by atomic mass is 32.2. The van der Waals surface area contributed by atoms with Crippen LogP contribution in [-0.4, -0.2) is 48.5 Å². The standard InChI is InChI=1S/C23H25N5O4S/c1-4-12-32-17-9-10-19(25-14-17)21(29)26-16-8-7-15(2)18(13-16)23-11-5-6-20(23)33(30,31)28(3)22(24)27-23/h1,7-10,13-14,20H,5-6,11-12H2,2-3H3,(H2,24,27)(H,26,29)/t20-,23-/m1/s1. The van der Waals surface area contributed by atoms with Gasteiger partial charge in [-0.2, -0.15) is 0 Å². The first-order valence-electron chi connectivity index (χ1n) is 10.5. The number of fused-ring (bicyclic) bond motifs is 1. The lowest BCUT2D eigenvalue weighted by Crippen LogP contribution is -2.55. The number of rotatable bonds is 5. The quantitative estimate of drug-likeness (QED) is 0.648. The lowest BCUT2D eigenvalue weighted by atomic mass is 9.85.